The molecule has 4 heteroatoms. The van der Waals surface area contributed by atoms with Crippen LogP contribution < -0.4 is 0 Å². The lowest BCUT2D eigenvalue weighted by Crippen LogP contribution is -2.15. The van der Waals surface area contributed by atoms with Crippen LogP contribution in [0.25, 0.3) is 11.0 Å². The maximum absolute atomic E-state index is 9.25. The summed E-state index contributed by atoms with van der Waals surface area (Å²) in [6.45, 7) is 2.20. The molecule has 0 radical (unpaired) electrons. The molecule has 0 amide bonds. The summed E-state index contributed by atoms with van der Waals surface area (Å²) in [6, 6.07) is 6.59. The normalized spacial score (nSPS) is 19.0. The summed E-state index contributed by atoms with van der Waals surface area (Å²) in [7, 11) is 0. The zero-order valence-corrected chi connectivity index (χ0v) is 11.2. The van der Waals surface area contributed by atoms with E-state index in [2.05, 4.69) is 38.5 Å². The predicted molar refractivity (Wildman–Crippen MR) is 69.8 cm³/mol. The first-order valence-electron chi connectivity index (χ1n) is 5.81. The Balaban J connectivity index is 2.41. The number of halogens is 1. The molecule has 2 heterocycles. The first kappa shape index (κ1) is 10.8. The molecule has 0 fully saturated rings. The Kier molecular flexibility index (Phi) is 2.44. The van der Waals surface area contributed by atoms with Crippen molar-refractivity contribution >= 4 is 27.0 Å². The quantitative estimate of drug-likeness (QED) is 0.744. The molecule has 1 aliphatic rings. The molecule has 0 N–H and O–H groups in total. The maximum Gasteiger partial charge on any atom is 0.110 e. The fourth-order valence-electron chi connectivity index (χ4n) is 2.67. The SMILES string of the molecule is CC1CCCc2nc3cc(Br)cc(C#N)c3n21. The van der Waals surface area contributed by atoms with Gasteiger partial charge in [-0.05, 0) is 31.9 Å². The van der Waals surface area contributed by atoms with Gasteiger partial charge in [0.05, 0.1) is 16.6 Å². The Hall–Kier alpha value is -1.34. The van der Waals surface area contributed by atoms with E-state index in [1.54, 1.807) is 0 Å². The van der Waals surface area contributed by atoms with Gasteiger partial charge in [0.1, 0.15) is 11.9 Å². The Morgan fingerprint density at radius 3 is 3.12 bits per heavy atom. The molecule has 1 aromatic carbocycles. The molecule has 3 rings (SSSR count). The number of hydrogen-bond acceptors (Lipinski definition) is 2. The molecular formula is C13H12BrN3. The van der Waals surface area contributed by atoms with Gasteiger partial charge in [-0.15, -0.1) is 0 Å². The van der Waals surface area contributed by atoms with Crippen LogP contribution in [0.4, 0.5) is 0 Å². The van der Waals surface area contributed by atoms with E-state index in [0.29, 0.717) is 11.6 Å². The molecule has 0 saturated carbocycles. The fraction of sp³-hybridized carbons (Fsp3) is 0.385. The number of nitriles is 1. The van der Waals surface area contributed by atoms with E-state index in [0.717, 1.165) is 27.8 Å². The standard InChI is InChI=1S/C13H12BrN3/c1-8-3-2-4-12-16-11-6-10(14)5-9(7-15)13(11)17(8)12/h5-6,8H,2-4H2,1H3. The third-order valence-corrected chi connectivity index (χ3v) is 3.86. The van der Waals surface area contributed by atoms with Gasteiger partial charge in [-0.2, -0.15) is 5.26 Å². The Bertz CT molecular complexity index is 636. The molecule has 0 spiro atoms. The highest BCUT2D eigenvalue weighted by atomic mass is 79.9. The smallest absolute Gasteiger partial charge is 0.110 e. The van der Waals surface area contributed by atoms with Gasteiger partial charge < -0.3 is 4.57 Å². The summed E-state index contributed by atoms with van der Waals surface area (Å²) >= 11 is 3.43. The van der Waals surface area contributed by atoms with Gasteiger partial charge >= 0.3 is 0 Å². The Labute approximate surface area is 108 Å². The lowest BCUT2D eigenvalue weighted by molar-refractivity contribution is 0.435. The topological polar surface area (TPSA) is 41.6 Å². The minimum absolute atomic E-state index is 0.442. The highest BCUT2D eigenvalue weighted by molar-refractivity contribution is 9.10. The van der Waals surface area contributed by atoms with Crippen molar-refractivity contribution in [3.05, 3.63) is 28.0 Å². The molecule has 86 valence electrons. The number of imidazole rings is 1. The van der Waals surface area contributed by atoms with Gasteiger partial charge in [0.2, 0.25) is 0 Å². The number of rotatable bonds is 0. The van der Waals surface area contributed by atoms with Gasteiger partial charge in [-0.25, -0.2) is 4.98 Å². The summed E-state index contributed by atoms with van der Waals surface area (Å²) < 4.78 is 3.16. The largest absolute Gasteiger partial charge is 0.324 e. The van der Waals surface area contributed by atoms with E-state index in [1.165, 1.54) is 12.8 Å². The third kappa shape index (κ3) is 1.57. The molecule has 0 bridgehead atoms. The molecule has 1 aliphatic heterocycles. The van der Waals surface area contributed by atoms with Gasteiger partial charge in [-0.1, -0.05) is 15.9 Å². The third-order valence-electron chi connectivity index (χ3n) is 3.41. The number of aromatic nitrogens is 2. The van der Waals surface area contributed by atoms with Crippen molar-refractivity contribution in [1.82, 2.24) is 9.55 Å². The molecule has 0 aliphatic carbocycles. The van der Waals surface area contributed by atoms with Crippen molar-refractivity contribution in [3.8, 4) is 6.07 Å². The number of fused-ring (bicyclic) bond motifs is 3. The summed E-state index contributed by atoms with van der Waals surface area (Å²) in [4.78, 5) is 4.65. The number of nitrogens with zero attached hydrogens (tertiary/aromatic N) is 3. The first-order valence-corrected chi connectivity index (χ1v) is 6.60. The van der Waals surface area contributed by atoms with Crippen LogP contribution in [0.1, 0.15) is 37.2 Å². The van der Waals surface area contributed by atoms with Gasteiger partial charge in [0.15, 0.2) is 0 Å². The van der Waals surface area contributed by atoms with Crippen LogP contribution in [-0.2, 0) is 6.42 Å². The van der Waals surface area contributed by atoms with Crippen LogP contribution in [0, 0.1) is 11.3 Å². The van der Waals surface area contributed by atoms with E-state index in [1.807, 2.05) is 12.1 Å². The highest BCUT2D eigenvalue weighted by Gasteiger charge is 2.22. The molecule has 0 saturated heterocycles. The predicted octanol–water partition coefficient (Wildman–Crippen LogP) is 3.57. The van der Waals surface area contributed by atoms with Gasteiger partial charge in [-0.3, -0.25) is 0 Å². The summed E-state index contributed by atoms with van der Waals surface area (Å²) in [5.41, 5.74) is 2.64. The molecule has 17 heavy (non-hydrogen) atoms. The van der Waals surface area contributed by atoms with Crippen LogP contribution in [-0.4, -0.2) is 9.55 Å². The second kappa shape index (κ2) is 3.85. The summed E-state index contributed by atoms with van der Waals surface area (Å²) in [5.74, 6) is 1.12. The van der Waals surface area contributed by atoms with E-state index >= 15 is 0 Å². The monoisotopic (exact) mass is 289 g/mol. The van der Waals surface area contributed by atoms with Crippen LogP contribution >= 0.6 is 15.9 Å². The molecule has 1 unspecified atom stereocenters. The Morgan fingerprint density at radius 1 is 1.53 bits per heavy atom. The van der Waals surface area contributed by atoms with Crippen LogP contribution in [0.3, 0.4) is 0 Å². The van der Waals surface area contributed by atoms with E-state index < -0.39 is 0 Å². The summed E-state index contributed by atoms with van der Waals surface area (Å²) in [5, 5.41) is 9.25. The molecule has 1 aromatic heterocycles. The lowest BCUT2D eigenvalue weighted by Gasteiger charge is -2.22. The average molecular weight is 290 g/mol. The molecular weight excluding hydrogens is 278 g/mol. The van der Waals surface area contributed by atoms with E-state index in [-0.39, 0.29) is 0 Å². The van der Waals surface area contributed by atoms with Crippen molar-refractivity contribution < 1.29 is 0 Å². The zero-order valence-electron chi connectivity index (χ0n) is 9.57. The zero-order chi connectivity index (χ0) is 12.0. The van der Waals surface area contributed by atoms with Crippen molar-refractivity contribution in [2.75, 3.05) is 0 Å². The van der Waals surface area contributed by atoms with E-state index in [4.69, 9.17) is 0 Å². The van der Waals surface area contributed by atoms with Crippen molar-refractivity contribution in [3.63, 3.8) is 0 Å². The van der Waals surface area contributed by atoms with Crippen molar-refractivity contribution in [1.29, 1.82) is 5.26 Å². The second-order valence-corrected chi connectivity index (χ2v) is 5.49. The number of hydrogen-bond donors (Lipinski definition) is 0. The van der Waals surface area contributed by atoms with Crippen molar-refractivity contribution in [2.45, 2.75) is 32.2 Å². The minimum Gasteiger partial charge on any atom is -0.324 e. The Morgan fingerprint density at radius 2 is 2.35 bits per heavy atom. The van der Waals surface area contributed by atoms with Gasteiger partial charge in [0, 0.05) is 16.9 Å². The lowest BCUT2D eigenvalue weighted by atomic mass is 10.1. The van der Waals surface area contributed by atoms with E-state index in [9.17, 15) is 5.26 Å². The minimum atomic E-state index is 0.442. The number of benzene rings is 1. The highest BCUT2D eigenvalue weighted by Crippen LogP contribution is 2.32. The second-order valence-electron chi connectivity index (χ2n) is 4.57. The van der Waals surface area contributed by atoms with Crippen LogP contribution in [0.5, 0.6) is 0 Å². The molecule has 3 nitrogen and oxygen atoms in total. The summed E-state index contributed by atoms with van der Waals surface area (Å²) in [6.07, 6.45) is 3.37. The van der Waals surface area contributed by atoms with Gasteiger partial charge in [0.25, 0.3) is 0 Å². The van der Waals surface area contributed by atoms with Crippen LogP contribution in [0.2, 0.25) is 0 Å². The fourth-order valence-corrected chi connectivity index (χ4v) is 3.11. The van der Waals surface area contributed by atoms with Crippen LogP contribution in [0.15, 0.2) is 16.6 Å². The average Bonchev–Trinajstić information content (AvgIpc) is 2.67. The maximum atomic E-state index is 9.25. The van der Waals surface area contributed by atoms with Crippen molar-refractivity contribution in [2.24, 2.45) is 0 Å². The number of aryl methyl sites for hydroxylation is 1. The molecule has 2 aromatic rings. The first-order chi connectivity index (χ1) is 8.20. The molecule has 1 atom stereocenters.